The van der Waals surface area contributed by atoms with Crippen molar-refractivity contribution < 1.29 is 9.47 Å². The third-order valence-electron chi connectivity index (χ3n) is 2.00. The molecular formula is C11H15NO2S. The van der Waals surface area contributed by atoms with Crippen molar-refractivity contribution in [1.82, 2.24) is 0 Å². The van der Waals surface area contributed by atoms with Gasteiger partial charge in [0.25, 0.3) is 0 Å². The first-order valence-corrected chi connectivity index (χ1v) is 5.08. The fourth-order valence-corrected chi connectivity index (χ4v) is 1.33. The average molecular weight is 225 g/mol. The Morgan fingerprint density at radius 3 is 2.67 bits per heavy atom. The van der Waals surface area contributed by atoms with Crippen LogP contribution >= 0.6 is 12.2 Å². The molecule has 0 aliphatic heterocycles. The maximum absolute atomic E-state index is 5.52. The fourth-order valence-electron chi connectivity index (χ4n) is 1.20. The highest BCUT2D eigenvalue weighted by Gasteiger charge is 2.02. The number of aryl methyl sites for hydroxylation is 1. The van der Waals surface area contributed by atoms with Gasteiger partial charge in [0.15, 0.2) is 0 Å². The molecule has 1 aromatic rings. The zero-order chi connectivity index (χ0) is 11.3. The molecule has 0 bridgehead atoms. The summed E-state index contributed by atoms with van der Waals surface area (Å²) in [7, 11) is 1.65. The van der Waals surface area contributed by atoms with Crippen LogP contribution in [0.5, 0.6) is 5.75 Å². The van der Waals surface area contributed by atoms with E-state index >= 15 is 0 Å². The fraction of sp³-hybridized carbons (Fsp3) is 0.364. The molecule has 0 fully saturated rings. The van der Waals surface area contributed by atoms with Crippen molar-refractivity contribution in [2.24, 2.45) is 5.73 Å². The molecule has 0 atom stereocenters. The van der Waals surface area contributed by atoms with Crippen molar-refractivity contribution in [3.05, 3.63) is 29.3 Å². The van der Waals surface area contributed by atoms with Gasteiger partial charge in [-0.1, -0.05) is 12.2 Å². The van der Waals surface area contributed by atoms with Gasteiger partial charge < -0.3 is 15.2 Å². The molecule has 2 N–H and O–H groups in total. The Labute approximate surface area is 95.2 Å². The van der Waals surface area contributed by atoms with E-state index < -0.39 is 0 Å². The van der Waals surface area contributed by atoms with E-state index in [1.54, 1.807) is 7.11 Å². The van der Waals surface area contributed by atoms with Crippen LogP contribution in [-0.2, 0) is 4.74 Å². The Balaban J connectivity index is 2.70. The van der Waals surface area contributed by atoms with E-state index in [4.69, 9.17) is 27.4 Å². The van der Waals surface area contributed by atoms with Gasteiger partial charge in [-0.2, -0.15) is 0 Å². The predicted octanol–water partition coefficient (Wildman–Crippen LogP) is 1.65. The van der Waals surface area contributed by atoms with Crippen molar-refractivity contribution in [2.75, 3.05) is 20.3 Å². The molecule has 0 heterocycles. The number of rotatable bonds is 5. The maximum atomic E-state index is 5.52. The molecule has 15 heavy (non-hydrogen) atoms. The second-order valence-corrected chi connectivity index (χ2v) is 3.63. The SMILES string of the molecule is COCCOc1ccc(C(N)=S)cc1C. The van der Waals surface area contributed by atoms with Gasteiger partial charge in [0.05, 0.1) is 6.61 Å². The zero-order valence-electron chi connectivity index (χ0n) is 8.95. The standard InChI is InChI=1S/C11H15NO2S/c1-8-7-9(11(12)15)3-4-10(8)14-6-5-13-2/h3-4,7H,5-6H2,1-2H3,(H2,12,15). The number of nitrogens with two attached hydrogens (primary N) is 1. The van der Waals surface area contributed by atoms with Crippen molar-refractivity contribution >= 4 is 17.2 Å². The molecule has 0 aromatic heterocycles. The molecule has 1 rings (SSSR count). The molecule has 0 saturated carbocycles. The summed E-state index contributed by atoms with van der Waals surface area (Å²) in [6.45, 7) is 3.09. The van der Waals surface area contributed by atoms with E-state index in [9.17, 15) is 0 Å². The Morgan fingerprint density at radius 1 is 1.40 bits per heavy atom. The predicted molar refractivity (Wildman–Crippen MR) is 64.4 cm³/mol. The maximum Gasteiger partial charge on any atom is 0.122 e. The van der Waals surface area contributed by atoms with E-state index in [1.165, 1.54) is 0 Å². The Kier molecular flexibility index (Phi) is 4.52. The number of methoxy groups -OCH3 is 1. The average Bonchev–Trinajstić information content (AvgIpc) is 2.20. The monoisotopic (exact) mass is 225 g/mol. The van der Waals surface area contributed by atoms with E-state index in [0.717, 1.165) is 16.9 Å². The van der Waals surface area contributed by atoms with Crippen LogP contribution in [-0.4, -0.2) is 25.3 Å². The van der Waals surface area contributed by atoms with E-state index in [-0.39, 0.29) is 0 Å². The minimum absolute atomic E-state index is 0.404. The van der Waals surface area contributed by atoms with Crippen molar-refractivity contribution in [1.29, 1.82) is 0 Å². The van der Waals surface area contributed by atoms with Crippen LogP contribution in [0.2, 0.25) is 0 Å². The second-order valence-electron chi connectivity index (χ2n) is 3.19. The van der Waals surface area contributed by atoms with E-state index in [2.05, 4.69) is 0 Å². The third-order valence-corrected chi connectivity index (χ3v) is 2.24. The minimum Gasteiger partial charge on any atom is -0.491 e. The van der Waals surface area contributed by atoms with Gasteiger partial charge in [0.2, 0.25) is 0 Å². The summed E-state index contributed by atoms with van der Waals surface area (Å²) in [6.07, 6.45) is 0. The lowest BCUT2D eigenvalue weighted by molar-refractivity contribution is 0.146. The van der Waals surface area contributed by atoms with Crippen LogP contribution in [0, 0.1) is 6.92 Å². The topological polar surface area (TPSA) is 44.5 Å². The highest BCUT2D eigenvalue weighted by molar-refractivity contribution is 7.80. The Morgan fingerprint density at radius 2 is 2.13 bits per heavy atom. The van der Waals surface area contributed by atoms with Crippen molar-refractivity contribution in [2.45, 2.75) is 6.92 Å². The summed E-state index contributed by atoms with van der Waals surface area (Å²) in [5, 5.41) is 0. The van der Waals surface area contributed by atoms with Crippen LogP contribution in [0.15, 0.2) is 18.2 Å². The summed E-state index contributed by atoms with van der Waals surface area (Å²) in [6, 6.07) is 5.65. The number of benzene rings is 1. The third kappa shape index (κ3) is 3.49. The summed E-state index contributed by atoms with van der Waals surface area (Å²) < 4.78 is 10.4. The lowest BCUT2D eigenvalue weighted by Crippen LogP contribution is -2.10. The van der Waals surface area contributed by atoms with Crippen LogP contribution < -0.4 is 10.5 Å². The molecule has 0 saturated heterocycles. The lowest BCUT2D eigenvalue weighted by Gasteiger charge is -2.09. The number of hydrogen-bond acceptors (Lipinski definition) is 3. The minimum atomic E-state index is 0.404. The van der Waals surface area contributed by atoms with E-state index in [1.807, 2.05) is 25.1 Å². The first-order chi connectivity index (χ1) is 7.15. The second kappa shape index (κ2) is 5.68. The molecule has 4 heteroatoms. The Hall–Kier alpha value is -1.13. The number of ether oxygens (including phenoxy) is 2. The molecular weight excluding hydrogens is 210 g/mol. The van der Waals surface area contributed by atoms with Gasteiger partial charge in [-0.25, -0.2) is 0 Å². The molecule has 0 spiro atoms. The van der Waals surface area contributed by atoms with Gasteiger partial charge in [0.1, 0.15) is 17.3 Å². The largest absolute Gasteiger partial charge is 0.491 e. The summed E-state index contributed by atoms with van der Waals surface area (Å²) in [4.78, 5) is 0.404. The van der Waals surface area contributed by atoms with Crippen LogP contribution in [0.4, 0.5) is 0 Å². The molecule has 0 unspecified atom stereocenters. The van der Waals surface area contributed by atoms with E-state index in [0.29, 0.717) is 18.2 Å². The van der Waals surface area contributed by atoms with Gasteiger partial charge in [-0.15, -0.1) is 0 Å². The normalized spacial score (nSPS) is 10.0. The zero-order valence-corrected chi connectivity index (χ0v) is 9.76. The molecule has 0 radical (unpaired) electrons. The van der Waals surface area contributed by atoms with Crippen LogP contribution in [0.3, 0.4) is 0 Å². The van der Waals surface area contributed by atoms with Crippen LogP contribution in [0.1, 0.15) is 11.1 Å². The first kappa shape index (κ1) is 11.9. The number of hydrogen-bond donors (Lipinski definition) is 1. The molecule has 1 aromatic carbocycles. The lowest BCUT2D eigenvalue weighted by atomic mass is 10.1. The van der Waals surface area contributed by atoms with Gasteiger partial charge in [0, 0.05) is 12.7 Å². The highest BCUT2D eigenvalue weighted by Crippen LogP contribution is 2.18. The smallest absolute Gasteiger partial charge is 0.122 e. The van der Waals surface area contributed by atoms with Crippen molar-refractivity contribution in [3.8, 4) is 5.75 Å². The van der Waals surface area contributed by atoms with Crippen LogP contribution in [0.25, 0.3) is 0 Å². The Bertz CT molecular complexity index is 352. The molecule has 0 aliphatic carbocycles. The summed E-state index contributed by atoms with van der Waals surface area (Å²) in [5.41, 5.74) is 7.41. The first-order valence-electron chi connectivity index (χ1n) is 4.67. The molecule has 3 nitrogen and oxygen atoms in total. The van der Waals surface area contributed by atoms with Gasteiger partial charge in [-0.3, -0.25) is 0 Å². The van der Waals surface area contributed by atoms with Gasteiger partial charge in [-0.05, 0) is 30.7 Å². The molecule has 82 valence electrons. The highest BCUT2D eigenvalue weighted by atomic mass is 32.1. The molecule has 0 amide bonds. The summed E-state index contributed by atoms with van der Waals surface area (Å²) in [5.74, 6) is 0.840. The molecule has 0 aliphatic rings. The summed E-state index contributed by atoms with van der Waals surface area (Å²) >= 11 is 4.89. The van der Waals surface area contributed by atoms with Gasteiger partial charge >= 0.3 is 0 Å². The van der Waals surface area contributed by atoms with Crippen molar-refractivity contribution in [3.63, 3.8) is 0 Å². The quantitative estimate of drug-likeness (QED) is 0.611. The number of thiocarbonyl (C=S) groups is 1.